The van der Waals surface area contributed by atoms with Crippen LogP contribution in [-0.4, -0.2) is 37.4 Å². The predicted octanol–water partition coefficient (Wildman–Crippen LogP) is 2.21. The minimum atomic E-state index is -3.41. The average Bonchev–Trinajstić information content (AvgIpc) is 2.97. The monoisotopic (exact) mass is 442 g/mol. The van der Waals surface area contributed by atoms with E-state index in [2.05, 4.69) is 9.97 Å². The summed E-state index contributed by atoms with van der Waals surface area (Å²) in [5.74, 6) is -2.53. The van der Waals surface area contributed by atoms with Crippen molar-refractivity contribution >= 4 is 33.2 Å². The van der Waals surface area contributed by atoms with Gasteiger partial charge in [0.2, 0.25) is 5.91 Å². The van der Waals surface area contributed by atoms with Gasteiger partial charge in [-0.2, -0.15) is 0 Å². The van der Waals surface area contributed by atoms with Gasteiger partial charge in [0.25, 0.3) is 0 Å². The molecule has 2 aliphatic heterocycles. The van der Waals surface area contributed by atoms with Gasteiger partial charge in [-0.3, -0.25) is 4.79 Å². The summed E-state index contributed by atoms with van der Waals surface area (Å²) < 4.78 is 52.7. The fourth-order valence-electron chi connectivity index (χ4n) is 3.72. The zero-order valence-electron chi connectivity index (χ0n) is 15.2. The molecule has 0 atom stereocenters. The number of hydrogen-bond donors (Lipinski definition) is 1. The van der Waals surface area contributed by atoms with E-state index in [-0.39, 0.29) is 45.4 Å². The molecule has 1 amide bonds. The second-order valence-corrected chi connectivity index (χ2v) is 9.71. The van der Waals surface area contributed by atoms with Gasteiger partial charge in [0.05, 0.1) is 27.8 Å². The van der Waals surface area contributed by atoms with Crippen molar-refractivity contribution in [2.75, 3.05) is 18.0 Å². The summed E-state index contributed by atoms with van der Waals surface area (Å²) in [4.78, 5) is 21.9. The molecule has 0 radical (unpaired) electrons. The van der Waals surface area contributed by atoms with Gasteiger partial charge in [0.15, 0.2) is 15.7 Å². The zero-order valence-corrected chi connectivity index (χ0v) is 16.7. The Morgan fingerprint density at radius 1 is 1.14 bits per heavy atom. The first-order valence-corrected chi connectivity index (χ1v) is 11.1. The highest BCUT2D eigenvalue weighted by Gasteiger charge is 2.34. The lowest BCUT2D eigenvalue weighted by molar-refractivity contribution is -0.122. The molecule has 0 aliphatic carbocycles. The Balaban J connectivity index is 1.80. The lowest BCUT2D eigenvalue weighted by Gasteiger charge is -2.32. The highest BCUT2D eigenvalue weighted by atomic mass is 35.5. The van der Waals surface area contributed by atoms with Crippen molar-refractivity contribution in [3.05, 3.63) is 40.0 Å². The molecule has 29 heavy (non-hydrogen) atoms. The molecule has 2 aromatic rings. The van der Waals surface area contributed by atoms with E-state index in [9.17, 15) is 22.0 Å². The molecular weight excluding hydrogens is 426 g/mol. The summed E-state index contributed by atoms with van der Waals surface area (Å²) in [5, 5.41) is -0.372. The van der Waals surface area contributed by atoms with Crippen LogP contribution in [0.1, 0.15) is 24.1 Å². The molecule has 0 bridgehead atoms. The number of sulfone groups is 1. The molecule has 0 saturated carbocycles. The van der Waals surface area contributed by atoms with Crippen LogP contribution in [-0.2, 0) is 26.1 Å². The summed E-state index contributed by atoms with van der Waals surface area (Å²) in [6, 6.07) is 1.73. The number of rotatable bonds is 3. The number of amides is 1. The van der Waals surface area contributed by atoms with E-state index in [0.29, 0.717) is 37.3 Å². The number of fused-ring (bicyclic) bond motifs is 1. The number of primary amides is 1. The smallest absolute Gasteiger partial charge is 0.220 e. The number of nitrogens with zero attached hydrogens (tertiary/aromatic N) is 3. The van der Waals surface area contributed by atoms with Gasteiger partial charge in [0, 0.05) is 24.6 Å². The van der Waals surface area contributed by atoms with Gasteiger partial charge < -0.3 is 10.6 Å². The van der Waals surface area contributed by atoms with Crippen LogP contribution in [0.5, 0.6) is 0 Å². The molecule has 7 nitrogen and oxygen atoms in total. The fraction of sp³-hybridized carbons (Fsp3) is 0.389. The van der Waals surface area contributed by atoms with E-state index >= 15 is 0 Å². The first kappa shape index (κ1) is 20.0. The first-order valence-electron chi connectivity index (χ1n) is 8.94. The molecule has 1 aromatic heterocycles. The largest absolute Gasteiger partial charge is 0.369 e. The van der Waals surface area contributed by atoms with Gasteiger partial charge >= 0.3 is 0 Å². The molecule has 154 valence electrons. The number of aromatic nitrogens is 2. The van der Waals surface area contributed by atoms with Crippen molar-refractivity contribution in [3.63, 3.8) is 0 Å². The molecule has 4 rings (SSSR count). The number of benzene rings is 1. The molecule has 3 heterocycles. The number of anilines is 1. The van der Waals surface area contributed by atoms with Crippen molar-refractivity contribution in [2.45, 2.75) is 24.3 Å². The Bertz CT molecular complexity index is 1120. The number of halogens is 3. The van der Waals surface area contributed by atoms with E-state index in [1.165, 1.54) is 0 Å². The van der Waals surface area contributed by atoms with Crippen molar-refractivity contribution in [2.24, 2.45) is 11.7 Å². The normalized spacial score (nSPS) is 18.7. The fourth-order valence-corrected chi connectivity index (χ4v) is 5.36. The van der Waals surface area contributed by atoms with Gasteiger partial charge in [-0.25, -0.2) is 27.2 Å². The first-order chi connectivity index (χ1) is 13.6. The Morgan fingerprint density at radius 3 is 2.48 bits per heavy atom. The number of hydrogen-bond acceptors (Lipinski definition) is 6. The van der Waals surface area contributed by atoms with Crippen LogP contribution in [0.25, 0.3) is 11.4 Å². The molecule has 1 aromatic carbocycles. The molecule has 2 aliphatic rings. The maximum Gasteiger partial charge on any atom is 0.220 e. The Hall–Kier alpha value is -2.33. The van der Waals surface area contributed by atoms with Crippen molar-refractivity contribution in [3.8, 4) is 11.4 Å². The SMILES string of the molecule is NC(=O)C1CCN(c2nc(-c3cc(F)c(Cl)cc3F)nc3c2CS(=O)(=O)C3)CC1. The Morgan fingerprint density at radius 2 is 1.83 bits per heavy atom. The molecule has 1 saturated heterocycles. The molecule has 11 heteroatoms. The molecule has 0 unspecified atom stereocenters. The topological polar surface area (TPSA) is 106 Å². The number of piperidine rings is 1. The third-order valence-corrected chi connectivity index (χ3v) is 6.97. The highest BCUT2D eigenvalue weighted by Crippen LogP contribution is 2.36. The van der Waals surface area contributed by atoms with E-state index in [0.717, 1.165) is 12.1 Å². The van der Waals surface area contributed by atoms with E-state index in [1.54, 1.807) is 0 Å². The third kappa shape index (κ3) is 3.78. The van der Waals surface area contributed by atoms with Crippen LogP contribution >= 0.6 is 11.6 Å². The van der Waals surface area contributed by atoms with Crippen LogP contribution in [0.4, 0.5) is 14.6 Å². The minimum Gasteiger partial charge on any atom is -0.369 e. The van der Waals surface area contributed by atoms with Gasteiger partial charge in [-0.05, 0) is 25.0 Å². The summed E-state index contributed by atoms with van der Waals surface area (Å²) in [5.41, 5.74) is 5.90. The number of nitrogens with two attached hydrogens (primary N) is 1. The van der Waals surface area contributed by atoms with Crippen LogP contribution in [0.3, 0.4) is 0 Å². The van der Waals surface area contributed by atoms with Crippen LogP contribution < -0.4 is 10.6 Å². The van der Waals surface area contributed by atoms with Crippen molar-refractivity contribution in [1.29, 1.82) is 0 Å². The molecule has 1 fully saturated rings. The van der Waals surface area contributed by atoms with Gasteiger partial charge in [-0.15, -0.1) is 0 Å². The quantitative estimate of drug-likeness (QED) is 0.730. The van der Waals surface area contributed by atoms with Crippen LogP contribution in [0.2, 0.25) is 5.02 Å². The Kier molecular flexibility index (Phi) is 4.94. The summed E-state index contributed by atoms with van der Waals surface area (Å²) in [6.07, 6.45) is 1.00. The van der Waals surface area contributed by atoms with Crippen molar-refractivity contribution in [1.82, 2.24) is 9.97 Å². The lowest BCUT2D eigenvalue weighted by atomic mass is 9.96. The average molecular weight is 443 g/mol. The van der Waals surface area contributed by atoms with Gasteiger partial charge in [-0.1, -0.05) is 11.6 Å². The standard InChI is InChI=1S/C18H17ClF2N4O3S/c19-12-6-13(20)10(5-14(12)21)17-23-15-8-29(27,28)7-11(15)18(24-17)25-3-1-9(2-4-25)16(22)26/h5-6,9H,1-4,7-8H2,(H2,22,26). The van der Waals surface area contributed by atoms with E-state index < -0.39 is 21.5 Å². The maximum absolute atomic E-state index is 14.4. The van der Waals surface area contributed by atoms with Gasteiger partial charge in [0.1, 0.15) is 17.5 Å². The van der Waals surface area contributed by atoms with E-state index in [4.69, 9.17) is 17.3 Å². The second kappa shape index (κ2) is 7.17. The van der Waals surface area contributed by atoms with E-state index in [1.807, 2.05) is 4.90 Å². The summed E-state index contributed by atoms with van der Waals surface area (Å²) in [6.45, 7) is 0.877. The third-order valence-electron chi connectivity index (χ3n) is 5.24. The maximum atomic E-state index is 14.4. The number of carbonyl (C=O) groups excluding carboxylic acids is 1. The minimum absolute atomic E-state index is 0.110. The lowest BCUT2D eigenvalue weighted by Crippen LogP contribution is -2.39. The number of carbonyl (C=O) groups is 1. The summed E-state index contributed by atoms with van der Waals surface area (Å²) in [7, 11) is -3.41. The zero-order chi connectivity index (χ0) is 20.9. The summed E-state index contributed by atoms with van der Waals surface area (Å²) >= 11 is 5.62. The Labute approximate surface area is 170 Å². The van der Waals surface area contributed by atoms with Crippen LogP contribution in [0, 0.1) is 17.6 Å². The highest BCUT2D eigenvalue weighted by molar-refractivity contribution is 7.90. The molecule has 0 spiro atoms. The van der Waals surface area contributed by atoms with Crippen molar-refractivity contribution < 1.29 is 22.0 Å². The molecule has 2 N–H and O–H groups in total. The molecular formula is C18H17ClF2N4O3S. The van der Waals surface area contributed by atoms with Crippen LogP contribution in [0.15, 0.2) is 12.1 Å². The second-order valence-electron chi connectivity index (χ2n) is 7.24. The predicted molar refractivity (Wildman–Crippen MR) is 103 cm³/mol.